The summed E-state index contributed by atoms with van der Waals surface area (Å²) in [5, 5.41) is 2.85. The standard InChI is InChI=1S/C18H22O2Si2/c1-21(2)15-11-7-5-9-13(15)17(19-21)18-14-10-6-8-12-16(14)22(3,4)20-18/h5-12,17-18H,1-4H3/t17-,18-/m1/s1. The number of fused-ring (bicyclic) bond motifs is 2. The molecule has 2 heterocycles. The van der Waals surface area contributed by atoms with Crippen LogP contribution < -0.4 is 10.4 Å². The van der Waals surface area contributed by atoms with Gasteiger partial charge in [-0.2, -0.15) is 0 Å². The average molecular weight is 327 g/mol. The maximum Gasteiger partial charge on any atom is 0.219 e. The summed E-state index contributed by atoms with van der Waals surface area (Å²) in [6.07, 6.45) is 0.0987. The molecule has 2 aromatic carbocycles. The van der Waals surface area contributed by atoms with E-state index in [0.717, 1.165) is 0 Å². The van der Waals surface area contributed by atoms with Crippen molar-refractivity contribution in [3.63, 3.8) is 0 Å². The molecule has 0 saturated heterocycles. The van der Waals surface area contributed by atoms with Crippen LogP contribution in [0, 0.1) is 0 Å². The summed E-state index contributed by atoms with van der Waals surface area (Å²) in [4.78, 5) is 0. The molecule has 4 rings (SSSR count). The van der Waals surface area contributed by atoms with Gasteiger partial charge in [-0.3, -0.25) is 0 Å². The van der Waals surface area contributed by atoms with Gasteiger partial charge < -0.3 is 8.85 Å². The van der Waals surface area contributed by atoms with Crippen LogP contribution in [0.4, 0.5) is 0 Å². The quantitative estimate of drug-likeness (QED) is 0.748. The lowest BCUT2D eigenvalue weighted by Gasteiger charge is -2.26. The summed E-state index contributed by atoms with van der Waals surface area (Å²) >= 11 is 0. The first-order valence-electron chi connectivity index (χ1n) is 7.95. The van der Waals surface area contributed by atoms with Crippen molar-refractivity contribution in [3.05, 3.63) is 59.7 Å². The maximum absolute atomic E-state index is 6.59. The highest BCUT2D eigenvalue weighted by atomic mass is 28.4. The molecule has 0 unspecified atom stereocenters. The minimum absolute atomic E-state index is 0.0493. The molecule has 2 aliphatic rings. The third-order valence-electron chi connectivity index (χ3n) is 4.95. The smallest absolute Gasteiger partial charge is 0.219 e. The van der Waals surface area contributed by atoms with Gasteiger partial charge in [0.2, 0.25) is 16.6 Å². The van der Waals surface area contributed by atoms with Crippen LogP contribution in [0.1, 0.15) is 23.3 Å². The van der Waals surface area contributed by atoms with Crippen molar-refractivity contribution in [2.75, 3.05) is 0 Å². The van der Waals surface area contributed by atoms with Gasteiger partial charge in [-0.25, -0.2) is 0 Å². The van der Waals surface area contributed by atoms with Crippen LogP contribution in [-0.4, -0.2) is 16.6 Å². The lowest BCUT2D eigenvalue weighted by Crippen LogP contribution is -2.40. The highest BCUT2D eigenvalue weighted by Gasteiger charge is 2.49. The Morgan fingerprint density at radius 3 is 1.41 bits per heavy atom. The highest BCUT2D eigenvalue weighted by molar-refractivity contribution is 6.86. The Kier molecular flexibility index (Phi) is 3.04. The first-order chi connectivity index (χ1) is 10.4. The third-order valence-corrected chi connectivity index (χ3v) is 10.1. The van der Waals surface area contributed by atoms with Crippen molar-refractivity contribution in [1.82, 2.24) is 0 Å². The number of rotatable bonds is 1. The van der Waals surface area contributed by atoms with Crippen molar-refractivity contribution in [2.45, 2.75) is 38.4 Å². The zero-order valence-electron chi connectivity index (χ0n) is 13.6. The van der Waals surface area contributed by atoms with Gasteiger partial charge in [-0.15, -0.1) is 0 Å². The van der Waals surface area contributed by atoms with Crippen LogP contribution in [0.2, 0.25) is 26.2 Å². The van der Waals surface area contributed by atoms with Crippen molar-refractivity contribution in [1.29, 1.82) is 0 Å². The van der Waals surface area contributed by atoms with Gasteiger partial charge in [-0.05, 0) is 47.7 Å². The molecule has 22 heavy (non-hydrogen) atoms. The van der Waals surface area contributed by atoms with Crippen LogP contribution in [0.3, 0.4) is 0 Å². The van der Waals surface area contributed by atoms with E-state index in [2.05, 4.69) is 74.7 Å². The molecule has 0 N–H and O–H groups in total. The van der Waals surface area contributed by atoms with Gasteiger partial charge in [0.1, 0.15) is 0 Å². The summed E-state index contributed by atoms with van der Waals surface area (Å²) < 4.78 is 13.2. The molecule has 114 valence electrons. The molecular formula is C18H22O2Si2. The van der Waals surface area contributed by atoms with E-state index in [0.29, 0.717) is 0 Å². The van der Waals surface area contributed by atoms with Crippen molar-refractivity contribution < 1.29 is 8.85 Å². The number of hydrogen-bond acceptors (Lipinski definition) is 2. The Labute approximate surface area is 134 Å². The van der Waals surface area contributed by atoms with Crippen molar-refractivity contribution >= 4 is 27.0 Å². The molecule has 2 atom stereocenters. The second-order valence-corrected chi connectivity index (χ2v) is 14.9. The molecule has 0 spiro atoms. The zero-order chi connectivity index (χ0) is 15.5. The van der Waals surface area contributed by atoms with E-state index in [-0.39, 0.29) is 12.2 Å². The molecule has 0 fully saturated rings. The SMILES string of the molecule is C[Si]1(C)O[C@@H]([C@@H]2O[Si](C)(C)c3ccccc32)c2ccccc21. The second kappa shape index (κ2) is 4.65. The minimum Gasteiger partial charge on any atom is -0.403 e. The van der Waals surface area contributed by atoms with E-state index in [9.17, 15) is 0 Å². The van der Waals surface area contributed by atoms with E-state index < -0.39 is 16.6 Å². The third kappa shape index (κ3) is 1.98. The second-order valence-electron chi connectivity index (χ2n) is 7.27. The predicted octanol–water partition coefficient (Wildman–Crippen LogP) is 3.35. The lowest BCUT2D eigenvalue weighted by molar-refractivity contribution is 0.0595. The number of benzene rings is 2. The fraction of sp³-hybridized carbons (Fsp3) is 0.333. The van der Waals surface area contributed by atoms with E-state index in [1.165, 1.54) is 21.5 Å². The van der Waals surface area contributed by atoms with Crippen LogP contribution in [0.25, 0.3) is 0 Å². The molecular weight excluding hydrogens is 304 g/mol. The first kappa shape index (κ1) is 14.4. The summed E-state index contributed by atoms with van der Waals surface area (Å²) in [6, 6.07) is 17.4. The van der Waals surface area contributed by atoms with Gasteiger partial charge >= 0.3 is 0 Å². The molecule has 2 aromatic rings. The Hall–Kier alpha value is -1.21. The lowest BCUT2D eigenvalue weighted by atomic mass is 9.98. The highest BCUT2D eigenvalue weighted by Crippen LogP contribution is 2.45. The molecule has 0 aliphatic carbocycles. The maximum atomic E-state index is 6.59. The predicted molar refractivity (Wildman–Crippen MR) is 94.8 cm³/mol. The monoisotopic (exact) mass is 326 g/mol. The molecule has 4 heteroatoms. The Morgan fingerprint density at radius 1 is 0.636 bits per heavy atom. The summed E-state index contributed by atoms with van der Waals surface area (Å²) in [5.74, 6) is 0. The van der Waals surface area contributed by atoms with E-state index in [1.807, 2.05) is 0 Å². The van der Waals surface area contributed by atoms with Crippen LogP contribution in [0.5, 0.6) is 0 Å². The van der Waals surface area contributed by atoms with E-state index in [1.54, 1.807) is 0 Å². The molecule has 0 aromatic heterocycles. The topological polar surface area (TPSA) is 18.5 Å². The molecule has 0 amide bonds. The molecule has 0 bridgehead atoms. The van der Waals surface area contributed by atoms with Gasteiger partial charge in [-0.1, -0.05) is 48.5 Å². The number of hydrogen-bond donors (Lipinski definition) is 0. The molecule has 0 saturated carbocycles. The van der Waals surface area contributed by atoms with Gasteiger partial charge in [0, 0.05) is 0 Å². The fourth-order valence-electron chi connectivity index (χ4n) is 3.93. The van der Waals surface area contributed by atoms with Crippen LogP contribution in [-0.2, 0) is 8.85 Å². The van der Waals surface area contributed by atoms with Gasteiger partial charge in [0.15, 0.2) is 0 Å². The van der Waals surface area contributed by atoms with E-state index in [4.69, 9.17) is 8.85 Å². The van der Waals surface area contributed by atoms with Crippen molar-refractivity contribution in [3.8, 4) is 0 Å². The van der Waals surface area contributed by atoms with Crippen molar-refractivity contribution in [2.24, 2.45) is 0 Å². The van der Waals surface area contributed by atoms with E-state index >= 15 is 0 Å². The molecule has 2 nitrogen and oxygen atoms in total. The fourth-order valence-corrected chi connectivity index (χ4v) is 8.79. The normalized spacial score (nSPS) is 27.5. The minimum atomic E-state index is -1.82. The summed E-state index contributed by atoms with van der Waals surface area (Å²) in [6.45, 7) is 9.15. The Morgan fingerprint density at radius 2 is 1.00 bits per heavy atom. The Bertz CT molecular complexity index is 676. The summed E-state index contributed by atoms with van der Waals surface area (Å²) in [5.41, 5.74) is 2.68. The zero-order valence-corrected chi connectivity index (χ0v) is 15.6. The summed E-state index contributed by atoms with van der Waals surface area (Å²) in [7, 11) is -3.65. The van der Waals surface area contributed by atoms with Gasteiger partial charge in [0.25, 0.3) is 0 Å². The van der Waals surface area contributed by atoms with Gasteiger partial charge in [0.05, 0.1) is 12.2 Å². The Balaban J connectivity index is 1.82. The average Bonchev–Trinajstić information content (AvgIpc) is 2.92. The van der Waals surface area contributed by atoms with Crippen LogP contribution in [0.15, 0.2) is 48.5 Å². The molecule has 2 aliphatic heterocycles. The largest absolute Gasteiger partial charge is 0.403 e. The first-order valence-corrected chi connectivity index (χ1v) is 13.8. The molecule has 0 radical (unpaired) electrons. The van der Waals surface area contributed by atoms with Crippen LogP contribution >= 0.6 is 0 Å².